The molecular weight excluding hydrogens is 342 g/mol. The second kappa shape index (κ2) is 8.95. The maximum Gasteiger partial charge on any atom is 0.269 e. The van der Waals surface area contributed by atoms with Gasteiger partial charge in [-0.1, -0.05) is 0 Å². The third kappa shape index (κ3) is 5.70. The van der Waals surface area contributed by atoms with Crippen molar-refractivity contribution in [3.8, 4) is 5.75 Å². The number of aliphatic hydroxyl groups is 1. The van der Waals surface area contributed by atoms with Crippen molar-refractivity contribution in [2.45, 2.75) is 13.0 Å². The van der Waals surface area contributed by atoms with Crippen molar-refractivity contribution in [1.29, 1.82) is 0 Å². The number of ether oxygens (including phenoxy) is 1. The average Bonchev–Trinajstić information content (AvgIpc) is 2.61. The van der Waals surface area contributed by atoms with Crippen LogP contribution in [0.4, 0.5) is 11.4 Å². The smallest absolute Gasteiger partial charge is 0.269 e. The zero-order valence-corrected chi connectivity index (χ0v) is 14.5. The van der Waals surface area contributed by atoms with Gasteiger partial charge in [0.05, 0.1) is 17.6 Å². The topological polar surface area (TPSA) is 96.7 Å². The average molecular weight is 361 g/mol. The summed E-state index contributed by atoms with van der Waals surface area (Å²) in [5.41, 5.74) is 1.35. The molecule has 1 unspecified atom stereocenters. The molecule has 0 fully saturated rings. The van der Waals surface area contributed by atoms with Gasteiger partial charge >= 0.3 is 0 Å². The molecule has 2 rings (SSSR count). The van der Waals surface area contributed by atoms with E-state index in [0.717, 1.165) is 11.4 Å². The summed E-state index contributed by atoms with van der Waals surface area (Å²) in [6, 6.07) is 13.1. The Bertz CT molecular complexity index is 720. The lowest BCUT2D eigenvalue weighted by atomic mass is 10.1. The van der Waals surface area contributed by atoms with Crippen LogP contribution in [-0.4, -0.2) is 28.3 Å². The van der Waals surface area contributed by atoms with Crippen molar-refractivity contribution < 1.29 is 14.8 Å². The van der Waals surface area contributed by atoms with E-state index >= 15 is 0 Å². The van der Waals surface area contributed by atoms with Gasteiger partial charge in [0.15, 0.2) is 5.11 Å². The lowest BCUT2D eigenvalue weighted by molar-refractivity contribution is -0.384. The third-order valence-corrected chi connectivity index (χ3v) is 3.61. The largest absolute Gasteiger partial charge is 0.494 e. The molecular formula is C17H19N3O4S. The molecule has 0 radical (unpaired) electrons. The number of hydrogen-bond donors (Lipinski definition) is 3. The van der Waals surface area contributed by atoms with Crippen LogP contribution in [0.3, 0.4) is 0 Å². The highest BCUT2D eigenvalue weighted by Gasteiger charge is 2.11. The molecule has 0 heterocycles. The monoisotopic (exact) mass is 361 g/mol. The van der Waals surface area contributed by atoms with Gasteiger partial charge in [0.2, 0.25) is 0 Å². The highest BCUT2D eigenvalue weighted by atomic mass is 32.1. The standard InChI is InChI=1S/C17H19N3O4S/c1-2-24-15-9-5-13(6-10-15)19-17(25)18-11-16(21)12-3-7-14(8-4-12)20(22)23/h3-10,16,21H,2,11H2,1H3,(H2,18,19,25). The van der Waals surface area contributed by atoms with Gasteiger partial charge in [-0.25, -0.2) is 0 Å². The number of anilines is 1. The number of rotatable bonds is 7. The van der Waals surface area contributed by atoms with Gasteiger partial charge in [0, 0.05) is 24.4 Å². The van der Waals surface area contributed by atoms with E-state index in [0.29, 0.717) is 17.3 Å². The van der Waals surface area contributed by atoms with Crippen LogP contribution in [0.5, 0.6) is 5.75 Å². The summed E-state index contributed by atoms with van der Waals surface area (Å²) in [7, 11) is 0. The van der Waals surface area contributed by atoms with Crippen LogP contribution in [-0.2, 0) is 0 Å². The first kappa shape index (κ1) is 18.6. The third-order valence-electron chi connectivity index (χ3n) is 3.37. The Morgan fingerprint density at radius 3 is 2.44 bits per heavy atom. The molecule has 3 N–H and O–H groups in total. The van der Waals surface area contributed by atoms with Crippen LogP contribution in [0.2, 0.25) is 0 Å². The Morgan fingerprint density at radius 2 is 1.88 bits per heavy atom. The Balaban J connectivity index is 1.83. The van der Waals surface area contributed by atoms with E-state index in [1.165, 1.54) is 24.3 Å². The molecule has 1 atom stereocenters. The van der Waals surface area contributed by atoms with E-state index in [4.69, 9.17) is 17.0 Å². The van der Waals surface area contributed by atoms with Gasteiger partial charge in [-0.3, -0.25) is 10.1 Å². The highest BCUT2D eigenvalue weighted by molar-refractivity contribution is 7.80. The quantitative estimate of drug-likeness (QED) is 0.396. The van der Waals surface area contributed by atoms with E-state index in [2.05, 4.69) is 10.6 Å². The molecule has 0 saturated heterocycles. The van der Waals surface area contributed by atoms with E-state index in [1.54, 1.807) is 0 Å². The maximum atomic E-state index is 10.6. The van der Waals surface area contributed by atoms with Gasteiger partial charge in [0.25, 0.3) is 5.69 Å². The summed E-state index contributed by atoms with van der Waals surface area (Å²) >= 11 is 5.19. The van der Waals surface area contributed by atoms with Crippen molar-refractivity contribution in [3.63, 3.8) is 0 Å². The first-order valence-electron chi connectivity index (χ1n) is 7.69. The number of non-ortho nitro benzene ring substituents is 1. The minimum Gasteiger partial charge on any atom is -0.494 e. The minimum atomic E-state index is -0.833. The molecule has 0 aliphatic rings. The van der Waals surface area contributed by atoms with Crippen LogP contribution in [0.25, 0.3) is 0 Å². The van der Waals surface area contributed by atoms with Crippen LogP contribution < -0.4 is 15.4 Å². The highest BCUT2D eigenvalue weighted by Crippen LogP contribution is 2.18. The number of hydrogen-bond acceptors (Lipinski definition) is 5. The maximum absolute atomic E-state index is 10.6. The first-order chi connectivity index (χ1) is 12.0. The Hall–Kier alpha value is -2.71. The lowest BCUT2D eigenvalue weighted by Crippen LogP contribution is -2.32. The van der Waals surface area contributed by atoms with Crippen LogP contribution >= 0.6 is 12.2 Å². The van der Waals surface area contributed by atoms with Crippen LogP contribution in [0.15, 0.2) is 48.5 Å². The zero-order chi connectivity index (χ0) is 18.2. The van der Waals surface area contributed by atoms with Crippen molar-refractivity contribution in [2.24, 2.45) is 0 Å². The van der Waals surface area contributed by atoms with E-state index in [1.807, 2.05) is 31.2 Å². The number of nitrogens with one attached hydrogen (secondary N) is 2. The van der Waals surface area contributed by atoms with Crippen molar-refractivity contribution in [3.05, 3.63) is 64.2 Å². The molecule has 132 valence electrons. The molecule has 7 nitrogen and oxygen atoms in total. The molecule has 0 aliphatic heterocycles. The summed E-state index contributed by atoms with van der Waals surface area (Å²) in [5.74, 6) is 0.778. The fourth-order valence-electron chi connectivity index (χ4n) is 2.10. The molecule has 25 heavy (non-hydrogen) atoms. The summed E-state index contributed by atoms with van der Waals surface area (Å²) in [4.78, 5) is 10.1. The number of thiocarbonyl (C=S) groups is 1. The van der Waals surface area contributed by atoms with Gasteiger partial charge in [-0.2, -0.15) is 0 Å². The molecule has 0 bridgehead atoms. The number of benzene rings is 2. The lowest BCUT2D eigenvalue weighted by Gasteiger charge is -2.15. The van der Waals surface area contributed by atoms with E-state index in [-0.39, 0.29) is 12.2 Å². The predicted molar refractivity (Wildman–Crippen MR) is 99.9 cm³/mol. The van der Waals surface area contributed by atoms with Crippen LogP contribution in [0, 0.1) is 10.1 Å². The fraction of sp³-hybridized carbons (Fsp3) is 0.235. The minimum absolute atomic E-state index is 0.0170. The fourth-order valence-corrected chi connectivity index (χ4v) is 2.30. The van der Waals surface area contributed by atoms with Crippen LogP contribution in [0.1, 0.15) is 18.6 Å². The summed E-state index contributed by atoms with van der Waals surface area (Å²) in [6.45, 7) is 2.70. The summed E-state index contributed by atoms with van der Waals surface area (Å²) in [5, 5.41) is 27.0. The van der Waals surface area contributed by atoms with Crippen molar-refractivity contribution >= 4 is 28.7 Å². The number of aliphatic hydroxyl groups excluding tert-OH is 1. The van der Waals surface area contributed by atoms with Gasteiger partial charge < -0.3 is 20.5 Å². The zero-order valence-electron chi connectivity index (χ0n) is 13.6. The Labute approximate surface area is 150 Å². The van der Waals surface area contributed by atoms with Crippen molar-refractivity contribution in [1.82, 2.24) is 5.32 Å². The van der Waals surface area contributed by atoms with Gasteiger partial charge in [0.1, 0.15) is 5.75 Å². The molecule has 0 saturated carbocycles. The normalized spacial score (nSPS) is 11.4. The molecule has 2 aromatic carbocycles. The first-order valence-corrected chi connectivity index (χ1v) is 8.10. The number of nitro benzene ring substituents is 1. The number of nitro groups is 1. The molecule has 0 aliphatic carbocycles. The second-order valence-corrected chi connectivity index (χ2v) is 5.57. The van der Waals surface area contributed by atoms with E-state index in [9.17, 15) is 15.2 Å². The predicted octanol–water partition coefficient (Wildman–Crippen LogP) is 3.01. The molecule has 0 aromatic heterocycles. The van der Waals surface area contributed by atoms with Gasteiger partial charge in [-0.15, -0.1) is 0 Å². The Kier molecular flexibility index (Phi) is 6.67. The van der Waals surface area contributed by atoms with Crippen molar-refractivity contribution in [2.75, 3.05) is 18.5 Å². The molecule has 0 spiro atoms. The van der Waals surface area contributed by atoms with E-state index < -0.39 is 11.0 Å². The molecule has 8 heteroatoms. The summed E-state index contributed by atoms with van der Waals surface area (Å²) < 4.78 is 5.37. The second-order valence-electron chi connectivity index (χ2n) is 5.16. The summed E-state index contributed by atoms with van der Waals surface area (Å²) in [6.07, 6.45) is -0.833. The Morgan fingerprint density at radius 1 is 1.24 bits per heavy atom. The van der Waals surface area contributed by atoms with Gasteiger partial charge in [-0.05, 0) is 61.1 Å². The molecule has 2 aromatic rings. The SMILES string of the molecule is CCOc1ccc(NC(=S)NCC(O)c2ccc([N+](=O)[O-])cc2)cc1. The number of nitrogens with zero attached hydrogens (tertiary/aromatic N) is 1. The molecule has 0 amide bonds.